The first kappa shape index (κ1) is 14.3. The molecule has 1 N–H and O–H groups in total. The van der Waals surface area contributed by atoms with Crippen LogP contribution in [-0.4, -0.2) is 50.5 Å². The van der Waals surface area contributed by atoms with E-state index in [4.69, 9.17) is 9.47 Å². The zero-order valence-corrected chi connectivity index (χ0v) is 11.9. The molecular weight excluding hydrogens is 242 g/mol. The lowest BCUT2D eigenvalue weighted by atomic mass is 10.1. The average molecular weight is 265 g/mol. The summed E-state index contributed by atoms with van der Waals surface area (Å²) in [5.41, 5.74) is 2.22. The summed E-state index contributed by atoms with van der Waals surface area (Å²) in [6, 6.07) is 6.11. The topological polar surface area (TPSA) is 41.9 Å². The Kier molecular flexibility index (Phi) is 4.80. The highest BCUT2D eigenvalue weighted by Crippen LogP contribution is 2.36. The number of methoxy groups -OCH3 is 2. The average Bonchev–Trinajstić information content (AvgIpc) is 2.76. The summed E-state index contributed by atoms with van der Waals surface area (Å²) in [5, 5.41) is 10.5. The highest BCUT2D eigenvalue weighted by atomic mass is 16.5. The zero-order chi connectivity index (χ0) is 13.8. The molecule has 4 nitrogen and oxygen atoms in total. The Morgan fingerprint density at radius 1 is 1.37 bits per heavy atom. The molecule has 1 aromatic carbocycles. The third-order valence-corrected chi connectivity index (χ3v) is 3.89. The number of aliphatic hydroxyl groups excluding tert-OH is 1. The molecule has 0 heterocycles. The summed E-state index contributed by atoms with van der Waals surface area (Å²) < 4.78 is 10.3. The van der Waals surface area contributed by atoms with Crippen molar-refractivity contribution in [3.63, 3.8) is 0 Å². The summed E-state index contributed by atoms with van der Waals surface area (Å²) >= 11 is 0. The lowest BCUT2D eigenvalue weighted by Gasteiger charge is -2.27. The van der Waals surface area contributed by atoms with E-state index in [2.05, 4.69) is 18.0 Å². The highest BCUT2D eigenvalue weighted by Gasteiger charge is 2.33. The van der Waals surface area contributed by atoms with Crippen LogP contribution >= 0.6 is 0 Å². The molecule has 0 radical (unpaired) electrons. The van der Waals surface area contributed by atoms with Crippen LogP contribution in [0.25, 0.3) is 0 Å². The van der Waals surface area contributed by atoms with Crippen LogP contribution in [0.4, 0.5) is 0 Å². The molecule has 1 aromatic rings. The van der Waals surface area contributed by atoms with Gasteiger partial charge in [0.2, 0.25) is 0 Å². The Labute approximate surface area is 114 Å². The molecule has 0 aliphatic heterocycles. The van der Waals surface area contributed by atoms with E-state index in [0.29, 0.717) is 0 Å². The van der Waals surface area contributed by atoms with Crippen LogP contribution in [0.5, 0.6) is 5.75 Å². The quantitative estimate of drug-likeness (QED) is 0.794. The van der Waals surface area contributed by atoms with Crippen LogP contribution < -0.4 is 4.74 Å². The van der Waals surface area contributed by atoms with Gasteiger partial charge in [-0.05, 0) is 43.1 Å². The molecule has 0 fully saturated rings. The molecule has 19 heavy (non-hydrogen) atoms. The van der Waals surface area contributed by atoms with Crippen LogP contribution in [0.1, 0.15) is 23.7 Å². The number of ether oxygens (including phenoxy) is 2. The molecule has 2 unspecified atom stereocenters. The number of hydrogen-bond donors (Lipinski definition) is 1. The number of fused-ring (bicyclic) bond motifs is 1. The van der Waals surface area contributed by atoms with E-state index in [0.717, 1.165) is 37.3 Å². The number of hydrogen-bond acceptors (Lipinski definition) is 4. The SMILES string of the molecule is COCCCN(C)C1Cc2ccc(OC)cc2C1O. The summed E-state index contributed by atoms with van der Waals surface area (Å²) in [4.78, 5) is 2.22. The molecule has 4 heteroatoms. The largest absolute Gasteiger partial charge is 0.497 e. The summed E-state index contributed by atoms with van der Waals surface area (Å²) in [6.45, 7) is 1.69. The summed E-state index contributed by atoms with van der Waals surface area (Å²) in [6.07, 6.45) is 1.44. The molecule has 1 aliphatic carbocycles. The van der Waals surface area contributed by atoms with Crippen molar-refractivity contribution in [1.82, 2.24) is 4.90 Å². The molecular formula is C15H23NO3. The maximum atomic E-state index is 10.5. The molecule has 0 spiro atoms. The molecule has 0 saturated carbocycles. The van der Waals surface area contributed by atoms with Gasteiger partial charge >= 0.3 is 0 Å². The lowest BCUT2D eigenvalue weighted by Crippen LogP contribution is -2.36. The smallest absolute Gasteiger partial charge is 0.119 e. The number of rotatable bonds is 6. The Balaban J connectivity index is 2.03. The van der Waals surface area contributed by atoms with Gasteiger partial charge in [0.1, 0.15) is 5.75 Å². The van der Waals surface area contributed by atoms with Gasteiger partial charge in [0.25, 0.3) is 0 Å². The van der Waals surface area contributed by atoms with E-state index in [-0.39, 0.29) is 6.04 Å². The number of nitrogens with zero attached hydrogens (tertiary/aromatic N) is 1. The van der Waals surface area contributed by atoms with Gasteiger partial charge in [-0.2, -0.15) is 0 Å². The monoisotopic (exact) mass is 265 g/mol. The first-order valence-electron chi connectivity index (χ1n) is 6.71. The van der Waals surface area contributed by atoms with Crippen molar-refractivity contribution in [2.75, 3.05) is 34.4 Å². The Morgan fingerprint density at radius 2 is 2.16 bits per heavy atom. The molecule has 106 valence electrons. The minimum Gasteiger partial charge on any atom is -0.497 e. The second kappa shape index (κ2) is 6.37. The first-order chi connectivity index (χ1) is 9.17. The van der Waals surface area contributed by atoms with Crippen molar-refractivity contribution < 1.29 is 14.6 Å². The predicted molar refractivity (Wildman–Crippen MR) is 74.6 cm³/mol. The van der Waals surface area contributed by atoms with Crippen LogP contribution in [0.2, 0.25) is 0 Å². The van der Waals surface area contributed by atoms with Crippen LogP contribution in [0.3, 0.4) is 0 Å². The van der Waals surface area contributed by atoms with Crippen LogP contribution in [-0.2, 0) is 11.2 Å². The summed E-state index contributed by atoms with van der Waals surface area (Å²) in [5.74, 6) is 0.806. The zero-order valence-electron chi connectivity index (χ0n) is 11.9. The first-order valence-corrected chi connectivity index (χ1v) is 6.71. The van der Waals surface area contributed by atoms with Crippen molar-refractivity contribution >= 4 is 0 Å². The molecule has 0 aromatic heterocycles. The maximum Gasteiger partial charge on any atom is 0.119 e. The summed E-state index contributed by atoms with van der Waals surface area (Å²) in [7, 11) is 5.43. The van der Waals surface area contributed by atoms with E-state index >= 15 is 0 Å². The van der Waals surface area contributed by atoms with Crippen LogP contribution in [0.15, 0.2) is 18.2 Å². The van der Waals surface area contributed by atoms with Crippen molar-refractivity contribution in [2.24, 2.45) is 0 Å². The fourth-order valence-corrected chi connectivity index (χ4v) is 2.73. The minimum absolute atomic E-state index is 0.152. The van der Waals surface area contributed by atoms with Crippen molar-refractivity contribution in [1.29, 1.82) is 0 Å². The van der Waals surface area contributed by atoms with Gasteiger partial charge in [0, 0.05) is 26.3 Å². The van der Waals surface area contributed by atoms with E-state index in [1.807, 2.05) is 12.1 Å². The maximum absolute atomic E-state index is 10.5. The molecule has 2 rings (SSSR count). The number of likely N-dealkylation sites (N-methyl/N-ethyl adjacent to an activating group) is 1. The van der Waals surface area contributed by atoms with Gasteiger partial charge < -0.3 is 19.5 Å². The number of aliphatic hydroxyl groups is 1. The lowest BCUT2D eigenvalue weighted by molar-refractivity contribution is 0.0699. The van der Waals surface area contributed by atoms with Crippen molar-refractivity contribution in [3.8, 4) is 5.75 Å². The molecule has 0 saturated heterocycles. The fraction of sp³-hybridized carbons (Fsp3) is 0.600. The molecule has 0 amide bonds. The third kappa shape index (κ3) is 3.08. The second-order valence-electron chi connectivity index (χ2n) is 5.11. The molecule has 2 atom stereocenters. The second-order valence-corrected chi connectivity index (χ2v) is 5.11. The van der Waals surface area contributed by atoms with Crippen molar-refractivity contribution in [3.05, 3.63) is 29.3 Å². The van der Waals surface area contributed by atoms with E-state index in [1.165, 1.54) is 5.56 Å². The Bertz CT molecular complexity index is 422. The van der Waals surface area contributed by atoms with E-state index in [9.17, 15) is 5.11 Å². The Hall–Kier alpha value is -1.10. The standard InChI is InChI=1S/C15H23NO3/c1-16(7-4-8-18-2)14-9-11-5-6-12(19-3)10-13(11)15(14)17/h5-6,10,14-15,17H,4,7-9H2,1-3H3. The van der Waals surface area contributed by atoms with Gasteiger partial charge in [-0.3, -0.25) is 0 Å². The van der Waals surface area contributed by atoms with E-state index in [1.54, 1.807) is 14.2 Å². The van der Waals surface area contributed by atoms with Crippen molar-refractivity contribution in [2.45, 2.75) is 25.0 Å². The van der Waals surface area contributed by atoms with Gasteiger partial charge in [0.05, 0.1) is 13.2 Å². The molecule has 1 aliphatic rings. The minimum atomic E-state index is -0.433. The molecule has 0 bridgehead atoms. The normalized spacial score (nSPS) is 21.7. The predicted octanol–water partition coefficient (Wildman–Crippen LogP) is 1.62. The van der Waals surface area contributed by atoms with Gasteiger partial charge in [-0.15, -0.1) is 0 Å². The fourth-order valence-electron chi connectivity index (χ4n) is 2.73. The van der Waals surface area contributed by atoms with Gasteiger partial charge in [-0.1, -0.05) is 6.07 Å². The Morgan fingerprint density at radius 3 is 2.84 bits per heavy atom. The highest BCUT2D eigenvalue weighted by molar-refractivity contribution is 5.41. The van der Waals surface area contributed by atoms with Gasteiger partial charge in [-0.25, -0.2) is 0 Å². The van der Waals surface area contributed by atoms with E-state index < -0.39 is 6.10 Å². The van der Waals surface area contributed by atoms with Crippen LogP contribution in [0, 0.1) is 0 Å². The number of benzene rings is 1. The van der Waals surface area contributed by atoms with Gasteiger partial charge in [0.15, 0.2) is 0 Å². The third-order valence-electron chi connectivity index (χ3n) is 3.89.